The molecule has 0 aliphatic heterocycles. The Morgan fingerprint density at radius 1 is 1.23 bits per heavy atom. The zero-order chi connectivity index (χ0) is 18.9. The number of rotatable bonds is 8. The van der Waals surface area contributed by atoms with Crippen LogP contribution in [0.4, 0.5) is 5.69 Å². The number of ether oxygens (including phenoxy) is 1. The average Bonchev–Trinajstić information content (AvgIpc) is 2.64. The van der Waals surface area contributed by atoms with Gasteiger partial charge in [-0.1, -0.05) is 44.2 Å². The minimum absolute atomic E-state index is 0.00947. The summed E-state index contributed by atoms with van der Waals surface area (Å²) in [6.07, 6.45) is 2.89. The van der Waals surface area contributed by atoms with Crippen molar-refractivity contribution in [2.45, 2.75) is 19.8 Å². The zero-order valence-corrected chi connectivity index (χ0v) is 14.8. The Balaban J connectivity index is 1.81. The molecule has 0 aromatic heterocycles. The van der Waals surface area contributed by atoms with Gasteiger partial charge in [0.15, 0.2) is 0 Å². The summed E-state index contributed by atoms with van der Waals surface area (Å²) < 4.78 is 5.74. The third-order valence-corrected chi connectivity index (χ3v) is 3.71. The van der Waals surface area contributed by atoms with E-state index >= 15 is 0 Å². The van der Waals surface area contributed by atoms with E-state index in [1.165, 1.54) is 24.3 Å². The molecule has 0 aliphatic carbocycles. The molecule has 0 heterocycles. The van der Waals surface area contributed by atoms with Crippen molar-refractivity contribution in [2.75, 3.05) is 13.2 Å². The van der Waals surface area contributed by atoms with Crippen molar-refractivity contribution in [1.29, 1.82) is 0 Å². The van der Waals surface area contributed by atoms with Crippen LogP contribution >= 0.6 is 0 Å². The molecule has 0 bridgehead atoms. The molecule has 136 valence electrons. The van der Waals surface area contributed by atoms with Crippen LogP contribution in [-0.4, -0.2) is 24.0 Å². The van der Waals surface area contributed by atoms with Crippen molar-refractivity contribution in [3.63, 3.8) is 0 Å². The first-order chi connectivity index (χ1) is 12.5. The van der Waals surface area contributed by atoms with Gasteiger partial charge < -0.3 is 10.1 Å². The standard InChI is InChI=1S/C20H22N2O4/c1-15(2)18-8-3-4-9-19(18)26-13-12-21-20(23)11-10-16-6-5-7-17(14-16)22(24)25/h3-11,14-15H,12-13H2,1-2H3,(H,21,23)/b11-10+. The monoisotopic (exact) mass is 354 g/mol. The van der Waals surface area contributed by atoms with Gasteiger partial charge in [0.2, 0.25) is 5.91 Å². The van der Waals surface area contributed by atoms with Gasteiger partial charge in [-0.2, -0.15) is 0 Å². The first-order valence-electron chi connectivity index (χ1n) is 8.39. The maximum Gasteiger partial charge on any atom is 0.270 e. The first kappa shape index (κ1) is 19.2. The summed E-state index contributed by atoms with van der Waals surface area (Å²) in [4.78, 5) is 22.1. The van der Waals surface area contributed by atoms with Crippen LogP contribution in [-0.2, 0) is 4.79 Å². The Kier molecular flexibility index (Phi) is 6.91. The Morgan fingerprint density at radius 3 is 2.73 bits per heavy atom. The molecular weight excluding hydrogens is 332 g/mol. The summed E-state index contributed by atoms with van der Waals surface area (Å²) in [6.45, 7) is 4.93. The van der Waals surface area contributed by atoms with E-state index in [9.17, 15) is 14.9 Å². The van der Waals surface area contributed by atoms with Gasteiger partial charge in [-0.25, -0.2) is 0 Å². The van der Waals surface area contributed by atoms with Crippen molar-refractivity contribution >= 4 is 17.7 Å². The fourth-order valence-corrected chi connectivity index (χ4v) is 2.40. The van der Waals surface area contributed by atoms with Gasteiger partial charge in [0.05, 0.1) is 11.5 Å². The molecule has 0 aliphatic rings. The van der Waals surface area contributed by atoms with Crippen LogP contribution in [0.2, 0.25) is 0 Å². The van der Waals surface area contributed by atoms with E-state index in [1.807, 2.05) is 24.3 Å². The van der Waals surface area contributed by atoms with Crippen LogP contribution in [0.25, 0.3) is 6.08 Å². The molecule has 6 heteroatoms. The highest BCUT2D eigenvalue weighted by Gasteiger charge is 2.07. The molecule has 2 aromatic carbocycles. The largest absolute Gasteiger partial charge is 0.491 e. The number of nitro groups is 1. The van der Waals surface area contributed by atoms with Crippen LogP contribution in [0.15, 0.2) is 54.6 Å². The van der Waals surface area contributed by atoms with Crippen molar-refractivity contribution in [3.8, 4) is 5.75 Å². The number of para-hydroxylation sites is 1. The minimum Gasteiger partial charge on any atom is -0.491 e. The van der Waals surface area contributed by atoms with Gasteiger partial charge in [0.1, 0.15) is 12.4 Å². The molecular formula is C20H22N2O4. The molecule has 1 N–H and O–H groups in total. The second-order valence-corrected chi connectivity index (χ2v) is 6.02. The normalized spacial score (nSPS) is 10.9. The summed E-state index contributed by atoms with van der Waals surface area (Å²) in [5.41, 5.74) is 1.71. The molecule has 2 rings (SSSR count). The van der Waals surface area contributed by atoms with Crippen molar-refractivity contribution < 1.29 is 14.5 Å². The van der Waals surface area contributed by atoms with Crippen molar-refractivity contribution in [1.82, 2.24) is 5.32 Å². The second-order valence-electron chi connectivity index (χ2n) is 6.02. The lowest BCUT2D eigenvalue weighted by Crippen LogP contribution is -2.26. The Bertz CT molecular complexity index is 800. The number of carbonyl (C=O) groups excluding carboxylic acids is 1. The quantitative estimate of drug-likeness (QED) is 0.337. The van der Waals surface area contributed by atoms with Gasteiger partial charge in [0, 0.05) is 18.2 Å². The van der Waals surface area contributed by atoms with Crippen LogP contribution in [0.3, 0.4) is 0 Å². The van der Waals surface area contributed by atoms with Gasteiger partial charge in [-0.3, -0.25) is 14.9 Å². The summed E-state index contributed by atoms with van der Waals surface area (Å²) in [6, 6.07) is 13.9. The van der Waals surface area contributed by atoms with E-state index in [4.69, 9.17) is 4.74 Å². The highest BCUT2D eigenvalue weighted by molar-refractivity contribution is 5.91. The fourth-order valence-electron chi connectivity index (χ4n) is 2.40. The van der Waals surface area contributed by atoms with E-state index in [0.717, 1.165) is 11.3 Å². The lowest BCUT2D eigenvalue weighted by atomic mass is 10.0. The van der Waals surface area contributed by atoms with Crippen LogP contribution in [0.1, 0.15) is 30.9 Å². The second kappa shape index (κ2) is 9.36. The lowest BCUT2D eigenvalue weighted by molar-refractivity contribution is -0.384. The predicted octanol–water partition coefficient (Wildman–Crippen LogP) is 3.93. The Morgan fingerprint density at radius 2 is 2.00 bits per heavy atom. The van der Waals surface area contributed by atoms with E-state index in [1.54, 1.807) is 12.1 Å². The van der Waals surface area contributed by atoms with Gasteiger partial charge in [-0.05, 0) is 29.2 Å². The number of nitro benzene ring substituents is 1. The van der Waals surface area contributed by atoms with Crippen LogP contribution in [0, 0.1) is 10.1 Å². The van der Waals surface area contributed by atoms with E-state index in [2.05, 4.69) is 19.2 Å². The summed E-state index contributed by atoms with van der Waals surface area (Å²) >= 11 is 0. The molecule has 26 heavy (non-hydrogen) atoms. The zero-order valence-electron chi connectivity index (χ0n) is 14.8. The number of non-ortho nitro benzene ring substituents is 1. The van der Waals surface area contributed by atoms with Crippen LogP contribution in [0.5, 0.6) is 5.75 Å². The van der Waals surface area contributed by atoms with E-state index in [-0.39, 0.29) is 11.6 Å². The molecule has 0 atom stereocenters. The van der Waals surface area contributed by atoms with Crippen LogP contribution < -0.4 is 10.1 Å². The number of carbonyl (C=O) groups is 1. The predicted molar refractivity (Wildman–Crippen MR) is 101 cm³/mol. The number of benzene rings is 2. The fraction of sp³-hybridized carbons (Fsp3) is 0.250. The molecule has 1 amide bonds. The highest BCUT2D eigenvalue weighted by Crippen LogP contribution is 2.25. The molecule has 0 saturated heterocycles. The average molecular weight is 354 g/mol. The Hall–Kier alpha value is -3.15. The summed E-state index contributed by atoms with van der Waals surface area (Å²) in [7, 11) is 0. The van der Waals surface area contributed by atoms with Gasteiger partial charge >= 0.3 is 0 Å². The number of nitrogens with zero attached hydrogens (tertiary/aromatic N) is 1. The highest BCUT2D eigenvalue weighted by atomic mass is 16.6. The minimum atomic E-state index is -0.469. The maximum absolute atomic E-state index is 11.8. The van der Waals surface area contributed by atoms with E-state index in [0.29, 0.717) is 24.6 Å². The first-order valence-corrected chi connectivity index (χ1v) is 8.39. The smallest absolute Gasteiger partial charge is 0.270 e. The number of nitrogens with one attached hydrogen (secondary N) is 1. The SMILES string of the molecule is CC(C)c1ccccc1OCCNC(=O)/C=C/c1cccc([N+](=O)[O-])c1. The third-order valence-electron chi connectivity index (χ3n) is 3.71. The third kappa shape index (κ3) is 5.73. The molecule has 0 spiro atoms. The van der Waals surface area contributed by atoms with Crippen molar-refractivity contribution in [2.24, 2.45) is 0 Å². The summed E-state index contributed by atoms with van der Waals surface area (Å²) in [5.74, 6) is 0.903. The lowest BCUT2D eigenvalue weighted by Gasteiger charge is -2.13. The summed E-state index contributed by atoms with van der Waals surface area (Å²) in [5, 5.41) is 13.5. The van der Waals surface area contributed by atoms with Crippen molar-refractivity contribution in [3.05, 3.63) is 75.8 Å². The molecule has 0 saturated carbocycles. The molecule has 0 radical (unpaired) electrons. The number of amides is 1. The topological polar surface area (TPSA) is 81.5 Å². The molecule has 2 aromatic rings. The Labute approximate surface area is 152 Å². The van der Waals surface area contributed by atoms with Gasteiger partial charge in [0.25, 0.3) is 5.69 Å². The number of hydrogen-bond donors (Lipinski definition) is 1. The van der Waals surface area contributed by atoms with E-state index < -0.39 is 4.92 Å². The number of hydrogen-bond acceptors (Lipinski definition) is 4. The molecule has 6 nitrogen and oxygen atoms in total. The maximum atomic E-state index is 11.8. The molecule has 0 fully saturated rings. The molecule has 0 unspecified atom stereocenters. The van der Waals surface area contributed by atoms with Gasteiger partial charge in [-0.15, -0.1) is 0 Å².